The molecule has 0 aromatic carbocycles. The molecule has 0 saturated heterocycles. The average molecular weight is 314 g/mol. The van der Waals surface area contributed by atoms with E-state index in [1.54, 1.807) is 29.7 Å². The molecule has 0 fully saturated rings. The van der Waals surface area contributed by atoms with Crippen LogP contribution in [0.25, 0.3) is 16.8 Å². The highest BCUT2D eigenvalue weighted by molar-refractivity contribution is 5.80. The zero-order valence-corrected chi connectivity index (χ0v) is 13.3. The number of nitrogens with zero attached hydrogens (tertiary/aromatic N) is 5. The van der Waals surface area contributed by atoms with Crippen LogP contribution in [0.1, 0.15) is 26.1 Å². The van der Waals surface area contributed by atoms with Crippen molar-refractivity contribution in [2.24, 2.45) is 0 Å². The molecule has 3 aromatic rings. The Hall–Kier alpha value is -2.77. The van der Waals surface area contributed by atoms with E-state index in [4.69, 9.17) is 0 Å². The number of carbonyl (C=O) groups excluding carboxylic acids is 1. The highest BCUT2D eigenvalue weighted by Crippen LogP contribution is 2.12. The van der Waals surface area contributed by atoms with E-state index in [2.05, 4.69) is 20.5 Å². The number of hydrogen-bond donors (Lipinski definition) is 1. The third kappa shape index (κ3) is 2.56. The van der Waals surface area contributed by atoms with Gasteiger partial charge in [0.1, 0.15) is 12.4 Å². The third-order valence-corrected chi connectivity index (χ3v) is 3.85. The zero-order chi connectivity index (χ0) is 16.6. The molecule has 1 atom stereocenters. The van der Waals surface area contributed by atoms with Crippen LogP contribution >= 0.6 is 0 Å². The molecule has 1 N–H and O–H groups in total. The fraction of sp³-hybridized carbons (Fsp3) is 0.400. The van der Waals surface area contributed by atoms with Gasteiger partial charge in [0.2, 0.25) is 11.6 Å². The van der Waals surface area contributed by atoms with Crippen LogP contribution in [-0.2, 0) is 11.3 Å². The summed E-state index contributed by atoms with van der Waals surface area (Å²) in [6, 6.07) is 3.55. The number of rotatable bonds is 4. The molecule has 3 rings (SSSR count). The van der Waals surface area contributed by atoms with Gasteiger partial charge in [-0.2, -0.15) is 0 Å². The van der Waals surface area contributed by atoms with E-state index in [-0.39, 0.29) is 29.7 Å². The van der Waals surface area contributed by atoms with Crippen molar-refractivity contribution in [3.8, 4) is 0 Å². The van der Waals surface area contributed by atoms with Crippen LogP contribution in [0.2, 0.25) is 0 Å². The molecule has 1 amide bonds. The maximum atomic E-state index is 12.7. The molecule has 120 valence electrons. The van der Waals surface area contributed by atoms with Crippen molar-refractivity contribution >= 4 is 22.7 Å². The van der Waals surface area contributed by atoms with E-state index in [1.807, 2.05) is 13.8 Å². The lowest BCUT2D eigenvalue weighted by atomic mass is 10.2. The van der Waals surface area contributed by atoms with E-state index in [0.717, 1.165) is 6.42 Å². The topological polar surface area (TPSA) is 94.2 Å². The Bertz CT molecular complexity index is 942. The van der Waals surface area contributed by atoms with Gasteiger partial charge in [-0.15, -0.1) is 10.2 Å². The van der Waals surface area contributed by atoms with Gasteiger partial charge in [-0.05, 0) is 32.4 Å². The number of aryl methyl sites for hydroxylation is 1. The summed E-state index contributed by atoms with van der Waals surface area (Å²) in [6.07, 6.45) is 2.46. The number of pyridine rings is 1. The molecule has 0 spiro atoms. The predicted octanol–water partition coefficient (Wildman–Crippen LogP) is 0.662. The normalized spacial score (nSPS) is 12.7. The predicted molar refractivity (Wildman–Crippen MR) is 85.2 cm³/mol. The number of aromatic nitrogens is 5. The first kappa shape index (κ1) is 15.1. The summed E-state index contributed by atoms with van der Waals surface area (Å²) < 4.78 is 3.00. The van der Waals surface area contributed by atoms with Gasteiger partial charge in [0, 0.05) is 12.2 Å². The van der Waals surface area contributed by atoms with E-state index >= 15 is 0 Å². The van der Waals surface area contributed by atoms with Crippen LogP contribution in [0.5, 0.6) is 0 Å². The molecule has 8 heteroatoms. The van der Waals surface area contributed by atoms with Crippen LogP contribution in [0, 0.1) is 6.92 Å². The molecule has 0 aliphatic carbocycles. The molecule has 3 heterocycles. The summed E-state index contributed by atoms with van der Waals surface area (Å²) >= 11 is 0. The van der Waals surface area contributed by atoms with Crippen molar-refractivity contribution in [2.75, 3.05) is 0 Å². The lowest BCUT2D eigenvalue weighted by molar-refractivity contribution is -0.122. The van der Waals surface area contributed by atoms with Crippen LogP contribution < -0.4 is 10.9 Å². The Morgan fingerprint density at radius 1 is 1.35 bits per heavy atom. The highest BCUT2D eigenvalue weighted by atomic mass is 16.2. The molecule has 0 bridgehead atoms. The molecule has 1 unspecified atom stereocenters. The molecule has 0 aliphatic rings. The number of hydrogen-bond acceptors (Lipinski definition) is 5. The van der Waals surface area contributed by atoms with Gasteiger partial charge >= 0.3 is 0 Å². The molecule has 0 radical (unpaired) electrons. The fourth-order valence-electron chi connectivity index (χ4n) is 2.48. The monoisotopic (exact) mass is 314 g/mol. The van der Waals surface area contributed by atoms with Crippen molar-refractivity contribution in [1.29, 1.82) is 0 Å². The Morgan fingerprint density at radius 3 is 2.87 bits per heavy atom. The smallest absolute Gasteiger partial charge is 0.297 e. The van der Waals surface area contributed by atoms with Crippen molar-refractivity contribution in [2.45, 2.75) is 39.8 Å². The lowest BCUT2D eigenvalue weighted by Gasteiger charge is -2.14. The van der Waals surface area contributed by atoms with Crippen LogP contribution in [0.3, 0.4) is 0 Å². The first-order chi connectivity index (χ1) is 11.0. The molecule has 3 aromatic heterocycles. The summed E-state index contributed by atoms with van der Waals surface area (Å²) in [6.45, 7) is 5.59. The van der Waals surface area contributed by atoms with Crippen molar-refractivity contribution in [3.63, 3.8) is 0 Å². The number of nitrogens with one attached hydrogen (secondary N) is 1. The van der Waals surface area contributed by atoms with E-state index in [0.29, 0.717) is 17.0 Å². The first-order valence-corrected chi connectivity index (χ1v) is 7.51. The molecule has 23 heavy (non-hydrogen) atoms. The summed E-state index contributed by atoms with van der Waals surface area (Å²) in [5.74, 6) is 0.365. The van der Waals surface area contributed by atoms with E-state index in [1.165, 1.54) is 4.57 Å². The lowest BCUT2D eigenvalue weighted by Crippen LogP contribution is -2.37. The number of carbonyl (C=O) groups is 1. The van der Waals surface area contributed by atoms with Crippen LogP contribution in [0.15, 0.2) is 23.1 Å². The van der Waals surface area contributed by atoms with Gasteiger partial charge in [0.15, 0.2) is 5.65 Å². The minimum Gasteiger partial charge on any atom is -0.352 e. The maximum absolute atomic E-state index is 12.7. The Labute approximate surface area is 132 Å². The molecule has 8 nitrogen and oxygen atoms in total. The number of fused-ring (bicyclic) bond motifs is 3. The average Bonchev–Trinajstić information content (AvgIpc) is 2.93. The van der Waals surface area contributed by atoms with E-state index in [9.17, 15) is 9.59 Å². The SMILES string of the molecule is CCC(C)NC(=O)Cn1c(=O)c2nnc(C)n2c2ncccc21. The van der Waals surface area contributed by atoms with Gasteiger partial charge in [-0.1, -0.05) is 6.92 Å². The molecule has 0 saturated carbocycles. The van der Waals surface area contributed by atoms with Crippen molar-refractivity contribution in [3.05, 3.63) is 34.5 Å². The van der Waals surface area contributed by atoms with Gasteiger partial charge < -0.3 is 5.32 Å². The molecular weight excluding hydrogens is 296 g/mol. The number of amides is 1. The fourth-order valence-corrected chi connectivity index (χ4v) is 2.48. The standard InChI is InChI=1S/C15H18N6O2/c1-4-9(2)17-12(22)8-20-11-6-5-7-16-13(11)21-10(3)18-19-14(21)15(20)23/h5-7,9H,4,8H2,1-3H3,(H,17,22). The van der Waals surface area contributed by atoms with Crippen LogP contribution in [-0.4, -0.2) is 36.1 Å². The zero-order valence-electron chi connectivity index (χ0n) is 13.3. The second-order valence-electron chi connectivity index (χ2n) is 5.52. The van der Waals surface area contributed by atoms with E-state index < -0.39 is 0 Å². The molecular formula is C15H18N6O2. The second-order valence-corrected chi connectivity index (χ2v) is 5.52. The minimum atomic E-state index is -0.356. The molecule has 0 aliphatic heterocycles. The quantitative estimate of drug-likeness (QED) is 0.763. The maximum Gasteiger partial charge on any atom is 0.297 e. The van der Waals surface area contributed by atoms with Crippen LogP contribution in [0.4, 0.5) is 0 Å². The van der Waals surface area contributed by atoms with Gasteiger partial charge in [0.05, 0.1) is 5.52 Å². The Morgan fingerprint density at radius 2 is 2.13 bits per heavy atom. The third-order valence-electron chi connectivity index (χ3n) is 3.85. The largest absolute Gasteiger partial charge is 0.352 e. The first-order valence-electron chi connectivity index (χ1n) is 7.51. The summed E-state index contributed by atoms with van der Waals surface area (Å²) in [7, 11) is 0. The summed E-state index contributed by atoms with van der Waals surface area (Å²) in [4.78, 5) is 29.2. The Kier molecular flexibility index (Phi) is 3.81. The van der Waals surface area contributed by atoms with Gasteiger partial charge in [-0.25, -0.2) is 4.98 Å². The second kappa shape index (κ2) is 5.79. The van der Waals surface area contributed by atoms with Crippen molar-refractivity contribution in [1.82, 2.24) is 29.5 Å². The summed E-state index contributed by atoms with van der Waals surface area (Å²) in [5.41, 5.74) is 0.948. The highest BCUT2D eigenvalue weighted by Gasteiger charge is 2.17. The van der Waals surface area contributed by atoms with Gasteiger partial charge in [-0.3, -0.25) is 18.6 Å². The van der Waals surface area contributed by atoms with Gasteiger partial charge in [0.25, 0.3) is 5.56 Å². The van der Waals surface area contributed by atoms with Crippen molar-refractivity contribution < 1.29 is 4.79 Å². The Balaban J connectivity index is 2.17. The summed E-state index contributed by atoms with van der Waals surface area (Å²) in [5, 5.41) is 10.7. The minimum absolute atomic E-state index is 0.0571.